The molecule has 90 valence electrons. The third-order valence-corrected chi connectivity index (χ3v) is 3.05. The Hall–Kier alpha value is -1.42. The van der Waals surface area contributed by atoms with Gasteiger partial charge in [0.05, 0.1) is 12.8 Å². The normalized spacial score (nSPS) is 10.6. The van der Waals surface area contributed by atoms with Crippen molar-refractivity contribution in [2.24, 2.45) is 0 Å². The number of rotatable bonds is 3. The van der Waals surface area contributed by atoms with Gasteiger partial charge in [0.15, 0.2) is 0 Å². The Kier molecular flexibility index (Phi) is 3.43. The summed E-state index contributed by atoms with van der Waals surface area (Å²) in [5, 5.41) is 0. The number of thiol groups is 1. The number of nitrogens with zero attached hydrogens (tertiary/aromatic N) is 1. The summed E-state index contributed by atoms with van der Waals surface area (Å²) < 4.78 is 5.25. The lowest BCUT2D eigenvalue weighted by Crippen LogP contribution is -1.88. The first kappa shape index (κ1) is 12.0. The van der Waals surface area contributed by atoms with E-state index in [9.17, 15) is 0 Å². The van der Waals surface area contributed by atoms with Crippen molar-refractivity contribution in [2.45, 2.75) is 19.6 Å². The molecule has 0 fully saturated rings. The minimum Gasteiger partial charge on any atom is -0.496 e. The van der Waals surface area contributed by atoms with E-state index in [1.165, 1.54) is 0 Å². The smallest absolute Gasteiger partial charge is 0.121 e. The quantitative estimate of drug-likeness (QED) is 0.819. The molecule has 0 aliphatic heterocycles. The SMILES string of the molecule is COc1ccc(-c2nc(CS)[nH]c2C)cc1C. The van der Waals surface area contributed by atoms with Gasteiger partial charge >= 0.3 is 0 Å². The zero-order valence-electron chi connectivity index (χ0n) is 10.2. The molecule has 0 atom stereocenters. The molecule has 17 heavy (non-hydrogen) atoms. The van der Waals surface area contributed by atoms with E-state index in [1.54, 1.807) is 7.11 Å². The van der Waals surface area contributed by atoms with Gasteiger partial charge in [-0.05, 0) is 37.6 Å². The number of aromatic nitrogens is 2. The number of ether oxygens (including phenoxy) is 1. The van der Waals surface area contributed by atoms with Gasteiger partial charge in [0.1, 0.15) is 11.6 Å². The van der Waals surface area contributed by atoms with Crippen LogP contribution in [-0.4, -0.2) is 17.1 Å². The van der Waals surface area contributed by atoms with Crippen molar-refractivity contribution in [1.29, 1.82) is 0 Å². The molecule has 0 aliphatic carbocycles. The van der Waals surface area contributed by atoms with E-state index in [2.05, 4.69) is 28.7 Å². The minimum absolute atomic E-state index is 0.621. The van der Waals surface area contributed by atoms with Gasteiger partial charge in [0, 0.05) is 17.0 Å². The monoisotopic (exact) mass is 248 g/mol. The number of hydrogen-bond acceptors (Lipinski definition) is 3. The van der Waals surface area contributed by atoms with Crippen molar-refractivity contribution in [3.63, 3.8) is 0 Å². The maximum Gasteiger partial charge on any atom is 0.121 e. The molecule has 1 aromatic carbocycles. The number of benzene rings is 1. The fourth-order valence-electron chi connectivity index (χ4n) is 1.90. The maximum atomic E-state index is 5.25. The molecule has 0 amide bonds. The van der Waals surface area contributed by atoms with Crippen LogP contribution in [-0.2, 0) is 5.75 Å². The Bertz CT molecular complexity index is 534. The van der Waals surface area contributed by atoms with E-state index in [1.807, 2.05) is 26.0 Å². The molecule has 3 nitrogen and oxygen atoms in total. The van der Waals surface area contributed by atoms with Crippen molar-refractivity contribution in [1.82, 2.24) is 9.97 Å². The third-order valence-electron chi connectivity index (χ3n) is 2.75. The van der Waals surface area contributed by atoms with Crippen LogP contribution in [0.15, 0.2) is 18.2 Å². The van der Waals surface area contributed by atoms with Crippen LogP contribution in [0, 0.1) is 13.8 Å². The topological polar surface area (TPSA) is 37.9 Å². The molecule has 0 bridgehead atoms. The van der Waals surface area contributed by atoms with Gasteiger partial charge < -0.3 is 9.72 Å². The summed E-state index contributed by atoms with van der Waals surface area (Å²) in [5.41, 5.74) is 4.27. The van der Waals surface area contributed by atoms with Crippen LogP contribution in [0.2, 0.25) is 0 Å². The van der Waals surface area contributed by atoms with Crippen molar-refractivity contribution < 1.29 is 4.74 Å². The molecule has 0 spiro atoms. The lowest BCUT2D eigenvalue weighted by atomic mass is 10.1. The van der Waals surface area contributed by atoms with Crippen LogP contribution in [0.25, 0.3) is 11.3 Å². The number of H-pyrrole nitrogens is 1. The summed E-state index contributed by atoms with van der Waals surface area (Å²) in [6, 6.07) is 6.08. The van der Waals surface area contributed by atoms with Gasteiger partial charge in [-0.1, -0.05) is 0 Å². The van der Waals surface area contributed by atoms with E-state index in [-0.39, 0.29) is 0 Å². The fraction of sp³-hybridized carbons (Fsp3) is 0.308. The van der Waals surface area contributed by atoms with Gasteiger partial charge in [-0.3, -0.25) is 0 Å². The highest BCUT2D eigenvalue weighted by Gasteiger charge is 2.09. The molecule has 1 aromatic heterocycles. The molecule has 4 heteroatoms. The van der Waals surface area contributed by atoms with Crippen LogP contribution in [0.5, 0.6) is 5.75 Å². The molecule has 2 rings (SSSR count). The summed E-state index contributed by atoms with van der Waals surface area (Å²) in [6.45, 7) is 4.05. The van der Waals surface area contributed by atoms with E-state index in [4.69, 9.17) is 4.74 Å². The van der Waals surface area contributed by atoms with Crippen molar-refractivity contribution in [2.75, 3.05) is 7.11 Å². The van der Waals surface area contributed by atoms with Gasteiger partial charge in [-0.2, -0.15) is 12.6 Å². The predicted octanol–water partition coefficient (Wildman–Crippen LogP) is 3.13. The number of imidazole rings is 1. The molecule has 1 heterocycles. The summed E-state index contributed by atoms with van der Waals surface area (Å²) in [4.78, 5) is 7.74. The Morgan fingerprint density at radius 2 is 2.12 bits per heavy atom. The first-order valence-electron chi connectivity index (χ1n) is 5.47. The summed E-state index contributed by atoms with van der Waals surface area (Å²) in [6.07, 6.45) is 0. The second-order valence-corrected chi connectivity index (χ2v) is 4.32. The van der Waals surface area contributed by atoms with E-state index in [0.717, 1.165) is 34.1 Å². The lowest BCUT2D eigenvalue weighted by Gasteiger charge is -2.06. The molecule has 2 aromatic rings. The second-order valence-electron chi connectivity index (χ2n) is 4.00. The molecule has 0 saturated carbocycles. The average Bonchev–Trinajstić information content (AvgIpc) is 2.70. The number of hydrogen-bond donors (Lipinski definition) is 2. The minimum atomic E-state index is 0.621. The zero-order chi connectivity index (χ0) is 12.4. The van der Waals surface area contributed by atoms with Gasteiger partial charge in [-0.25, -0.2) is 4.98 Å². The molecule has 0 aliphatic rings. The van der Waals surface area contributed by atoms with Crippen molar-refractivity contribution in [3.8, 4) is 17.0 Å². The molecule has 0 saturated heterocycles. The zero-order valence-corrected chi connectivity index (χ0v) is 11.1. The maximum absolute atomic E-state index is 5.25. The van der Waals surface area contributed by atoms with Crippen LogP contribution in [0.1, 0.15) is 17.1 Å². The average molecular weight is 248 g/mol. The third kappa shape index (κ3) is 2.31. The van der Waals surface area contributed by atoms with Crippen LogP contribution in [0.3, 0.4) is 0 Å². The van der Waals surface area contributed by atoms with E-state index >= 15 is 0 Å². The molecule has 0 radical (unpaired) electrons. The number of aryl methyl sites for hydroxylation is 2. The van der Waals surface area contributed by atoms with Crippen LogP contribution < -0.4 is 4.74 Å². The Morgan fingerprint density at radius 3 is 2.65 bits per heavy atom. The molecular formula is C13H16N2OS. The van der Waals surface area contributed by atoms with Crippen LogP contribution in [0.4, 0.5) is 0 Å². The predicted molar refractivity (Wildman–Crippen MR) is 72.7 cm³/mol. The van der Waals surface area contributed by atoms with Gasteiger partial charge in [-0.15, -0.1) is 0 Å². The van der Waals surface area contributed by atoms with E-state index < -0.39 is 0 Å². The van der Waals surface area contributed by atoms with Gasteiger partial charge in [0.2, 0.25) is 0 Å². The summed E-state index contributed by atoms with van der Waals surface area (Å²) >= 11 is 4.22. The number of aromatic amines is 1. The highest BCUT2D eigenvalue weighted by atomic mass is 32.1. The molecule has 0 unspecified atom stereocenters. The van der Waals surface area contributed by atoms with Crippen molar-refractivity contribution >= 4 is 12.6 Å². The Labute approximate surface area is 107 Å². The van der Waals surface area contributed by atoms with Gasteiger partial charge in [0.25, 0.3) is 0 Å². The fourth-order valence-corrected chi connectivity index (χ4v) is 2.05. The lowest BCUT2D eigenvalue weighted by molar-refractivity contribution is 0.412. The Balaban J connectivity index is 2.45. The Morgan fingerprint density at radius 1 is 1.35 bits per heavy atom. The first-order chi connectivity index (χ1) is 8.15. The highest BCUT2D eigenvalue weighted by molar-refractivity contribution is 7.79. The summed E-state index contributed by atoms with van der Waals surface area (Å²) in [7, 11) is 1.68. The summed E-state index contributed by atoms with van der Waals surface area (Å²) in [5.74, 6) is 2.42. The standard InChI is InChI=1S/C13H16N2OS/c1-8-6-10(4-5-11(8)16-3)13-9(2)14-12(7-17)15-13/h4-6,17H,7H2,1-3H3,(H,14,15). The molecule has 1 N–H and O–H groups in total. The second kappa shape index (κ2) is 4.84. The van der Waals surface area contributed by atoms with E-state index in [0.29, 0.717) is 5.75 Å². The van der Waals surface area contributed by atoms with Crippen molar-refractivity contribution in [3.05, 3.63) is 35.3 Å². The first-order valence-corrected chi connectivity index (χ1v) is 6.10. The highest BCUT2D eigenvalue weighted by Crippen LogP contribution is 2.27. The van der Waals surface area contributed by atoms with Crippen LogP contribution >= 0.6 is 12.6 Å². The molecular weight excluding hydrogens is 232 g/mol. The number of nitrogens with one attached hydrogen (secondary N) is 1. The largest absolute Gasteiger partial charge is 0.496 e. The number of methoxy groups -OCH3 is 1.